The molecule has 17 heavy (non-hydrogen) atoms. The third kappa shape index (κ3) is 6.49. The lowest BCUT2D eigenvalue weighted by atomic mass is 10.5. The highest BCUT2D eigenvalue weighted by Crippen LogP contribution is 2.04. The molecule has 0 saturated heterocycles. The van der Waals surface area contributed by atoms with Crippen molar-refractivity contribution in [2.45, 2.75) is 0 Å². The van der Waals surface area contributed by atoms with Gasteiger partial charge in [-0.3, -0.25) is 9.78 Å². The molecule has 0 aliphatic heterocycles. The molecule has 0 spiro atoms. The van der Waals surface area contributed by atoms with Crippen LogP contribution in [0.15, 0.2) is 24.5 Å². The third-order valence-corrected chi connectivity index (χ3v) is 1.81. The largest absolute Gasteiger partial charge is 0.482 e. The van der Waals surface area contributed by atoms with E-state index in [1.807, 2.05) is 0 Å². The molecule has 1 rings (SSSR count). The number of rotatable bonds is 8. The lowest BCUT2D eigenvalue weighted by Crippen LogP contribution is -2.31. The molecule has 0 atom stereocenters. The smallest absolute Gasteiger partial charge is 0.258 e. The standard InChI is InChI=1S/C11H16N2O4/c14-5-7-16-6-4-13-11(15)9-17-10-2-1-3-12-8-10/h1-3,8,14H,4-7,9H2,(H,13,15). The Morgan fingerprint density at radius 1 is 1.47 bits per heavy atom. The molecular formula is C11H16N2O4. The predicted octanol–water partition coefficient (Wildman–Crippen LogP) is -0.415. The van der Waals surface area contributed by atoms with Gasteiger partial charge in [0.05, 0.1) is 26.0 Å². The second kappa shape index (κ2) is 8.49. The Bertz CT molecular complexity index is 319. The van der Waals surface area contributed by atoms with Crippen LogP contribution in [0.5, 0.6) is 5.75 Å². The molecule has 0 aliphatic carbocycles. The van der Waals surface area contributed by atoms with Crippen LogP contribution in [0, 0.1) is 0 Å². The summed E-state index contributed by atoms with van der Waals surface area (Å²) in [5.74, 6) is 0.334. The Morgan fingerprint density at radius 3 is 3.06 bits per heavy atom. The average Bonchev–Trinajstić information content (AvgIpc) is 2.37. The van der Waals surface area contributed by atoms with Crippen molar-refractivity contribution < 1.29 is 19.4 Å². The SMILES string of the molecule is O=C(COc1cccnc1)NCCOCCO. The maximum absolute atomic E-state index is 11.3. The molecule has 0 bridgehead atoms. The number of amides is 1. The minimum Gasteiger partial charge on any atom is -0.482 e. The minimum absolute atomic E-state index is 0.0158. The topological polar surface area (TPSA) is 80.7 Å². The van der Waals surface area contributed by atoms with Crippen molar-refractivity contribution in [3.63, 3.8) is 0 Å². The molecule has 1 aromatic rings. The summed E-state index contributed by atoms with van der Waals surface area (Å²) in [6.45, 7) is 0.986. The fraction of sp³-hybridized carbons (Fsp3) is 0.455. The quantitative estimate of drug-likeness (QED) is 0.603. The van der Waals surface area contributed by atoms with Crippen LogP contribution in [-0.4, -0.2) is 49.0 Å². The first-order chi connectivity index (χ1) is 8.33. The van der Waals surface area contributed by atoms with Crippen LogP contribution < -0.4 is 10.1 Å². The van der Waals surface area contributed by atoms with E-state index >= 15 is 0 Å². The summed E-state index contributed by atoms with van der Waals surface area (Å²) in [4.78, 5) is 15.1. The fourth-order valence-corrected chi connectivity index (χ4v) is 1.06. The molecule has 0 aliphatic rings. The molecule has 0 fully saturated rings. The van der Waals surface area contributed by atoms with Crippen molar-refractivity contribution in [1.82, 2.24) is 10.3 Å². The number of pyridine rings is 1. The maximum Gasteiger partial charge on any atom is 0.258 e. The van der Waals surface area contributed by atoms with Crippen LogP contribution in [0.1, 0.15) is 0 Å². The van der Waals surface area contributed by atoms with Crippen LogP contribution in [0.25, 0.3) is 0 Å². The number of hydrogen-bond acceptors (Lipinski definition) is 5. The van der Waals surface area contributed by atoms with E-state index in [2.05, 4.69) is 10.3 Å². The lowest BCUT2D eigenvalue weighted by molar-refractivity contribution is -0.123. The summed E-state index contributed by atoms with van der Waals surface area (Å²) in [6.07, 6.45) is 3.17. The van der Waals surface area contributed by atoms with E-state index in [0.29, 0.717) is 18.9 Å². The monoisotopic (exact) mass is 240 g/mol. The average molecular weight is 240 g/mol. The number of nitrogens with zero attached hydrogens (tertiary/aromatic N) is 1. The molecule has 0 aromatic carbocycles. The first-order valence-electron chi connectivity index (χ1n) is 5.31. The molecule has 1 heterocycles. The van der Waals surface area contributed by atoms with Gasteiger partial charge in [-0.1, -0.05) is 0 Å². The summed E-state index contributed by atoms with van der Waals surface area (Å²) in [6, 6.07) is 3.46. The first-order valence-corrected chi connectivity index (χ1v) is 5.31. The van der Waals surface area contributed by atoms with Gasteiger partial charge in [-0.2, -0.15) is 0 Å². The Hall–Kier alpha value is -1.66. The van der Waals surface area contributed by atoms with Gasteiger partial charge in [0.15, 0.2) is 6.61 Å². The van der Waals surface area contributed by atoms with Crippen molar-refractivity contribution in [1.29, 1.82) is 0 Å². The Balaban J connectivity index is 2.05. The molecular weight excluding hydrogens is 224 g/mol. The number of aliphatic hydroxyl groups is 1. The van der Waals surface area contributed by atoms with Gasteiger partial charge >= 0.3 is 0 Å². The van der Waals surface area contributed by atoms with Gasteiger partial charge in [0.2, 0.25) is 0 Å². The molecule has 6 nitrogen and oxygen atoms in total. The van der Waals surface area contributed by atoms with Crippen molar-refractivity contribution in [2.24, 2.45) is 0 Å². The van der Waals surface area contributed by atoms with Gasteiger partial charge in [-0.15, -0.1) is 0 Å². The third-order valence-electron chi connectivity index (χ3n) is 1.81. The summed E-state index contributed by atoms with van der Waals surface area (Å²) < 4.78 is 10.2. The zero-order valence-corrected chi connectivity index (χ0v) is 9.46. The lowest BCUT2D eigenvalue weighted by Gasteiger charge is -2.07. The van der Waals surface area contributed by atoms with E-state index in [1.165, 1.54) is 6.20 Å². The molecule has 94 valence electrons. The van der Waals surface area contributed by atoms with Gasteiger partial charge in [0.1, 0.15) is 5.75 Å². The van der Waals surface area contributed by atoms with Gasteiger partial charge in [-0.25, -0.2) is 0 Å². The first kappa shape index (κ1) is 13.4. The maximum atomic E-state index is 11.3. The van der Waals surface area contributed by atoms with Crippen LogP contribution in [-0.2, 0) is 9.53 Å². The zero-order chi connectivity index (χ0) is 12.3. The van der Waals surface area contributed by atoms with E-state index < -0.39 is 0 Å². The van der Waals surface area contributed by atoms with E-state index in [9.17, 15) is 4.79 Å². The molecule has 1 aromatic heterocycles. The second-order valence-corrected chi connectivity index (χ2v) is 3.16. The summed E-state index contributed by atoms with van der Waals surface area (Å²) in [5, 5.41) is 11.1. The van der Waals surface area contributed by atoms with Crippen LogP contribution >= 0.6 is 0 Å². The highest BCUT2D eigenvalue weighted by Gasteiger charge is 2.01. The van der Waals surface area contributed by atoms with Gasteiger partial charge in [-0.05, 0) is 12.1 Å². The number of hydrogen-bond donors (Lipinski definition) is 2. The number of ether oxygens (including phenoxy) is 2. The van der Waals surface area contributed by atoms with Crippen LogP contribution in [0.3, 0.4) is 0 Å². The second-order valence-electron chi connectivity index (χ2n) is 3.16. The van der Waals surface area contributed by atoms with Crippen LogP contribution in [0.2, 0.25) is 0 Å². The van der Waals surface area contributed by atoms with E-state index in [-0.39, 0.29) is 25.7 Å². The Morgan fingerprint density at radius 2 is 2.35 bits per heavy atom. The van der Waals surface area contributed by atoms with Crippen molar-refractivity contribution in [2.75, 3.05) is 33.0 Å². The molecule has 0 radical (unpaired) electrons. The van der Waals surface area contributed by atoms with Gasteiger partial charge < -0.3 is 19.9 Å². The Labute approximate surface area is 99.6 Å². The van der Waals surface area contributed by atoms with Gasteiger partial charge in [0, 0.05) is 12.7 Å². The molecule has 6 heteroatoms. The van der Waals surface area contributed by atoms with Gasteiger partial charge in [0.25, 0.3) is 5.91 Å². The van der Waals surface area contributed by atoms with E-state index in [4.69, 9.17) is 14.6 Å². The van der Waals surface area contributed by atoms with Crippen molar-refractivity contribution in [3.05, 3.63) is 24.5 Å². The number of nitrogens with one attached hydrogen (secondary N) is 1. The summed E-state index contributed by atoms with van der Waals surface area (Å²) in [7, 11) is 0. The number of carbonyl (C=O) groups excluding carboxylic acids is 1. The number of aliphatic hydroxyl groups excluding tert-OH is 1. The highest BCUT2D eigenvalue weighted by atomic mass is 16.5. The molecule has 2 N–H and O–H groups in total. The molecule has 1 amide bonds. The van der Waals surface area contributed by atoms with Crippen LogP contribution in [0.4, 0.5) is 0 Å². The predicted molar refractivity (Wildman–Crippen MR) is 60.6 cm³/mol. The summed E-state index contributed by atoms with van der Waals surface area (Å²) >= 11 is 0. The van der Waals surface area contributed by atoms with E-state index in [0.717, 1.165) is 0 Å². The van der Waals surface area contributed by atoms with E-state index in [1.54, 1.807) is 18.3 Å². The fourth-order valence-electron chi connectivity index (χ4n) is 1.06. The van der Waals surface area contributed by atoms with Crippen molar-refractivity contribution in [3.8, 4) is 5.75 Å². The molecule has 0 saturated carbocycles. The highest BCUT2D eigenvalue weighted by molar-refractivity contribution is 5.77. The Kier molecular flexibility index (Phi) is 6.69. The number of aromatic nitrogens is 1. The zero-order valence-electron chi connectivity index (χ0n) is 9.46. The number of carbonyl (C=O) groups is 1. The summed E-state index contributed by atoms with van der Waals surface area (Å²) in [5.41, 5.74) is 0. The normalized spacial score (nSPS) is 9.94. The van der Waals surface area contributed by atoms with Crippen molar-refractivity contribution >= 4 is 5.91 Å². The minimum atomic E-state index is -0.221. The molecule has 0 unspecified atom stereocenters.